The Morgan fingerprint density at radius 3 is 2.52 bits per heavy atom. The van der Waals surface area contributed by atoms with Crippen molar-refractivity contribution < 1.29 is 14.4 Å². The maximum Gasteiger partial charge on any atom is 0.261 e. The highest BCUT2D eigenvalue weighted by Gasteiger charge is 2.35. The average molecular weight is 404 g/mol. The van der Waals surface area contributed by atoms with Gasteiger partial charge in [0.1, 0.15) is 0 Å². The number of nitrogens with zero attached hydrogens (tertiary/aromatic N) is 1. The number of hydrogen-bond donors (Lipinski definition) is 1. The molecule has 0 aliphatic carbocycles. The minimum atomic E-state index is -0.327. The number of nitrogens with one attached hydrogen (secondary N) is 1. The number of rotatable bonds is 6. The molecule has 0 atom stereocenters. The number of para-hydroxylation sites is 1. The van der Waals surface area contributed by atoms with Crippen LogP contribution in [0.15, 0.2) is 60.0 Å². The highest BCUT2D eigenvalue weighted by atomic mass is 32.1. The predicted octanol–water partition coefficient (Wildman–Crippen LogP) is 5.06. The van der Waals surface area contributed by atoms with Gasteiger partial charge in [-0.2, -0.15) is 0 Å². The molecule has 0 bridgehead atoms. The van der Waals surface area contributed by atoms with Crippen molar-refractivity contribution in [2.24, 2.45) is 0 Å². The van der Waals surface area contributed by atoms with Gasteiger partial charge < -0.3 is 5.32 Å². The van der Waals surface area contributed by atoms with Crippen LogP contribution >= 0.6 is 11.3 Å². The summed E-state index contributed by atoms with van der Waals surface area (Å²) < 4.78 is 0. The lowest BCUT2D eigenvalue weighted by molar-refractivity contribution is 0.0652. The standard InChI is InChI=1S/C23H20N2O3S/c1-2-3-12-25-22(27)16-11-10-15(14-18(16)23(25)28)21(26)24-19-8-5-4-7-17(19)20-9-6-13-29-20/h4-11,13-14H,2-3,12H2,1H3,(H,24,26). The molecule has 1 aromatic heterocycles. The zero-order valence-corrected chi connectivity index (χ0v) is 16.8. The van der Waals surface area contributed by atoms with Crippen molar-refractivity contribution in [2.45, 2.75) is 19.8 Å². The molecule has 6 heteroatoms. The smallest absolute Gasteiger partial charge is 0.261 e. The van der Waals surface area contributed by atoms with Crippen molar-refractivity contribution in [2.75, 3.05) is 11.9 Å². The third-order valence-corrected chi connectivity index (χ3v) is 5.83. The van der Waals surface area contributed by atoms with Gasteiger partial charge in [0.25, 0.3) is 17.7 Å². The molecule has 0 saturated heterocycles. The van der Waals surface area contributed by atoms with Gasteiger partial charge in [0, 0.05) is 28.2 Å². The number of carbonyl (C=O) groups is 3. The van der Waals surface area contributed by atoms with Crippen molar-refractivity contribution in [1.82, 2.24) is 4.90 Å². The second kappa shape index (κ2) is 8.01. The first-order valence-corrected chi connectivity index (χ1v) is 10.4. The Hall–Kier alpha value is -3.25. The molecule has 2 aromatic carbocycles. The SMILES string of the molecule is CCCCN1C(=O)c2ccc(C(=O)Nc3ccccc3-c3cccs3)cc2C1=O. The second-order valence-corrected chi connectivity index (χ2v) is 7.80. The number of imide groups is 1. The van der Waals surface area contributed by atoms with Crippen LogP contribution in [0, 0.1) is 0 Å². The summed E-state index contributed by atoms with van der Waals surface area (Å²) in [6.45, 7) is 2.41. The van der Waals surface area contributed by atoms with Gasteiger partial charge in [0.15, 0.2) is 0 Å². The van der Waals surface area contributed by atoms with Gasteiger partial charge in [-0.25, -0.2) is 0 Å². The Labute approximate surface area is 173 Å². The fraction of sp³-hybridized carbons (Fsp3) is 0.174. The van der Waals surface area contributed by atoms with Crippen LogP contribution in [0.1, 0.15) is 50.8 Å². The lowest BCUT2D eigenvalue weighted by Gasteiger charge is -2.12. The molecule has 1 N–H and O–H groups in total. The Kier molecular flexibility index (Phi) is 5.27. The average Bonchev–Trinajstić information content (AvgIpc) is 3.35. The van der Waals surface area contributed by atoms with Gasteiger partial charge in [-0.1, -0.05) is 37.6 Å². The molecule has 2 heterocycles. The Morgan fingerprint density at radius 1 is 0.966 bits per heavy atom. The second-order valence-electron chi connectivity index (χ2n) is 6.85. The zero-order chi connectivity index (χ0) is 20.4. The van der Waals surface area contributed by atoms with Crippen LogP contribution in [-0.4, -0.2) is 29.2 Å². The number of carbonyl (C=O) groups excluding carboxylic acids is 3. The lowest BCUT2D eigenvalue weighted by atomic mass is 10.0. The van der Waals surface area contributed by atoms with Crippen LogP contribution in [0.5, 0.6) is 0 Å². The summed E-state index contributed by atoms with van der Waals surface area (Å²) in [5.41, 5.74) is 2.65. The molecule has 1 aliphatic rings. The number of thiophene rings is 1. The molecule has 146 valence electrons. The van der Waals surface area contributed by atoms with Crippen LogP contribution < -0.4 is 5.32 Å². The summed E-state index contributed by atoms with van der Waals surface area (Å²) in [7, 11) is 0. The van der Waals surface area contributed by atoms with E-state index in [1.54, 1.807) is 23.5 Å². The Balaban J connectivity index is 1.59. The number of fused-ring (bicyclic) bond motifs is 1. The van der Waals surface area contributed by atoms with Crippen LogP contribution in [0.3, 0.4) is 0 Å². The zero-order valence-electron chi connectivity index (χ0n) is 16.0. The maximum atomic E-state index is 12.9. The van der Waals surface area contributed by atoms with Crippen molar-refractivity contribution in [3.8, 4) is 10.4 Å². The first kappa shape index (κ1) is 19.1. The van der Waals surface area contributed by atoms with Gasteiger partial charge in [-0.3, -0.25) is 19.3 Å². The predicted molar refractivity (Wildman–Crippen MR) is 114 cm³/mol. The van der Waals surface area contributed by atoms with E-state index in [2.05, 4.69) is 5.32 Å². The topological polar surface area (TPSA) is 66.5 Å². The molecule has 0 saturated carbocycles. The molecule has 3 amide bonds. The van der Waals surface area contributed by atoms with E-state index in [9.17, 15) is 14.4 Å². The first-order chi connectivity index (χ1) is 14.1. The summed E-state index contributed by atoms with van der Waals surface area (Å²) in [5, 5.41) is 4.92. The molecule has 1 aliphatic heterocycles. The molecule has 0 spiro atoms. The molecule has 3 aromatic rings. The Bertz CT molecular complexity index is 1090. The lowest BCUT2D eigenvalue weighted by Crippen LogP contribution is -2.30. The van der Waals surface area contributed by atoms with Gasteiger partial charge in [-0.05, 0) is 42.1 Å². The van der Waals surface area contributed by atoms with E-state index in [4.69, 9.17) is 0 Å². The molecule has 5 nitrogen and oxygen atoms in total. The number of anilines is 1. The minimum absolute atomic E-state index is 0.284. The van der Waals surface area contributed by atoms with E-state index in [-0.39, 0.29) is 17.7 Å². The van der Waals surface area contributed by atoms with Gasteiger partial charge in [0.05, 0.1) is 11.1 Å². The third kappa shape index (κ3) is 3.59. The molecule has 4 rings (SSSR count). The highest BCUT2D eigenvalue weighted by Crippen LogP contribution is 2.32. The summed E-state index contributed by atoms with van der Waals surface area (Å²) >= 11 is 1.60. The van der Waals surface area contributed by atoms with Crippen molar-refractivity contribution in [3.05, 3.63) is 76.7 Å². The number of unbranched alkanes of at least 4 members (excludes halogenated alkanes) is 1. The summed E-state index contributed by atoms with van der Waals surface area (Å²) in [6.07, 6.45) is 1.66. The molecular formula is C23H20N2O3S. The first-order valence-electron chi connectivity index (χ1n) is 9.54. The van der Waals surface area contributed by atoms with Crippen LogP contribution in [0.2, 0.25) is 0 Å². The van der Waals surface area contributed by atoms with Crippen LogP contribution in [-0.2, 0) is 0 Å². The van der Waals surface area contributed by atoms with Crippen molar-refractivity contribution in [3.63, 3.8) is 0 Å². The molecule has 0 unspecified atom stereocenters. The van der Waals surface area contributed by atoms with Gasteiger partial charge in [0.2, 0.25) is 0 Å². The van der Waals surface area contributed by atoms with Crippen molar-refractivity contribution >= 4 is 34.7 Å². The Morgan fingerprint density at radius 2 is 1.76 bits per heavy atom. The third-order valence-electron chi connectivity index (χ3n) is 4.93. The molecule has 0 fully saturated rings. The van der Waals surface area contributed by atoms with E-state index in [0.29, 0.717) is 28.9 Å². The van der Waals surface area contributed by atoms with Gasteiger partial charge >= 0.3 is 0 Å². The fourth-order valence-corrected chi connectivity index (χ4v) is 4.15. The van der Waals surface area contributed by atoms with Crippen molar-refractivity contribution in [1.29, 1.82) is 0 Å². The molecular weight excluding hydrogens is 384 g/mol. The van der Waals surface area contributed by atoms with E-state index in [1.807, 2.05) is 48.7 Å². The number of benzene rings is 2. The van der Waals surface area contributed by atoms with Crippen LogP contribution in [0.25, 0.3) is 10.4 Å². The van der Waals surface area contributed by atoms with E-state index >= 15 is 0 Å². The monoisotopic (exact) mass is 404 g/mol. The maximum absolute atomic E-state index is 12.9. The van der Waals surface area contributed by atoms with E-state index < -0.39 is 0 Å². The van der Waals surface area contributed by atoms with Gasteiger partial charge in [-0.15, -0.1) is 11.3 Å². The van der Waals surface area contributed by atoms with E-state index in [0.717, 1.165) is 23.3 Å². The van der Waals surface area contributed by atoms with E-state index in [1.165, 1.54) is 11.0 Å². The summed E-state index contributed by atoms with van der Waals surface area (Å²) in [5.74, 6) is -0.926. The minimum Gasteiger partial charge on any atom is -0.321 e. The van der Waals surface area contributed by atoms with Crippen LogP contribution in [0.4, 0.5) is 5.69 Å². The summed E-state index contributed by atoms with van der Waals surface area (Å²) in [6, 6.07) is 16.2. The molecule has 29 heavy (non-hydrogen) atoms. The fourth-order valence-electron chi connectivity index (χ4n) is 3.38. The molecule has 0 radical (unpaired) electrons. The number of amides is 3. The highest BCUT2D eigenvalue weighted by molar-refractivity contribution is 7.13. The quantitative estimate of drug-likeness (QED) is 0.584. The summed E-state index contributed by atoms with van der Waals surface area (Å²) in [4.78, 5) is 40.3. The normalized spacial score (nSPS) is 12.9. The number of hydrogen-bond acceptors (Lipinski definition) is 4. The largest absolute Gasteiger partial charge is 0.321 e.